The fourth-order valence-electron chi connectivity index (χ4n) is 14.1. The number of esters is 2. The normalized spacial score (nSPS) is 50.5. The number of ether oxygens (including phenoxy) is 21. The molecule has 52 heteroatoms. The van der Waals surface area contributed by atoms with Gasteiger partial charge in [-0.15, -0.1) is 0 Å². The number of hydrogen-bond donors (Lipinski definition) is 26. The monoisotopic (exact) mass is 1660 g/mol. The molecule has 10 rings (SSSR count). The van der Waals surface area contributed by atoms with Crippen LogP contribution in [0.4, 0.5) is 0 Å². The Bertz CT molecular complexity index is 3130. The first-order chi connectivity index (χ1) is 53.2. The highest BCUT2D eigenvalue weighted by Gasteiger charge is 2.63. The summed E-state index contributed by atoms with van der Waals surface area (Å²) < 4.78 is 117. The molecule has 650 valence electrons. The number of hydrogen-bond acceptors (Lipinski definition) is 49. The third-order valence-corrected chi connectivity index (χ3v) is 20.3. The van der Waals surface area contributed by atoms with E-state index in [0.717, 1.165) is 20.8 Å². The number of aliphatic carboxylic acids is 3. The Morgan fingerprint density at radius 1 is 0.327 bits per heavy atom. The molecular formula is C61H94O52. The molecule has 0 spiro atoms. The molecule has 0 aromatic carbocycles. The predicted molar refractivity (Wildman–Crippen MR) is 331 cm³/mol. The van der Waals surface area contributed by atoms with E-state index in [1.165, 1.54) is 0 Å². The summed E-state index contributed by atoms with van der Waals surface area (Å²) in [5.41, 5.74) is 0. The molecule has 0 amide bonds. The summed E-state index contributed by atoms with van der Waals surface area (Å²) >= 11 is 0. The highest BCUT2D eigenvalue weighted by atomic mass is 16.8. The fraction of sp³-hybridized carbons (Fsp3) is 0.918. The van der Waals surface area contributed by atoms with Gasteiger partial charge < -0.3 is 232 Å². The van der Waals surface area contributed by atoms with Crippen LogP contribution in [0.25, 0.3) is 0 Å². The lowest BCUT2D eigenvalue weighted by molar-refractivity contribution is -0.400. The number of rotatable bonds is 27. The van der Waals surface area contributed by atoms with Crippen molar-refractivity contribution < 1.29 is 256 Å². The van der Waals surface area contributed by atoms with E-state index in [0.29, 0.717) is 0 Å². The van der Waals surface area contributed by atoms with Gasteiger partial charge in [-0.05, 0) is 0 Å². The van der Waals surface area contributed by atoms with E-state index in [1.807, 2.05) is 0 Å². The maximum absolute atomic E-state index is 13.0. The lowest BCUT2D eigenvalue weighted by atomic mass is 9.94. The Balaban J connectivity index is 0.825. The Morgan fingerprint density at radius 3 is 1.18 bits per heavy atom. The van der Waals surface area contributed by atoms with Crippen LogP contribution in [0, 0.1) is 0 Å². The summed E-state index contributed by atoms with van der Waals surface area (Å²) in [7, 11) is 0. The van der Waals surface area contributed by atoms with Crippen molar-refractivity contribution in [2.24, 2.45) is 0 Å². The van der Waals surface area contributed by atoms with Crippen LogP contribution in [0.15, 0.2) is 0 Å². The van der Waals surface area contributed by atoms with Crippen LogP contribution in [-0.4, -0.2) is 491 Å². The smallest absolute Gasteiger partial charge is 0.364 e. The van der Waals surface area contributed by atoms with Gasteiger partial charge in [-0.3, -0.25) is 9.59 Å². The lowest BCUT2D eigenvalue weighted by Gasteiger charge is -2.51. The molecule has 10 saturated heterocycles. The van der Waals surface area contributed by atoms with Gasteiger partial charge in [0.25, 0.3) is 5.79 Å². The van der Waals surface area contributed by atoms with E-state index in [1.54, 1.807) is 0 Å². The molecule has 10 aliphatic heterocycles. The van der Waals surface area contributed by atoms with E-state index < -0.39 is 358 Å². The number of carboxylic acid groups (broad SMARTS) is 3. The molecule has 10 heterocycles. The molecule has 52 nitrogen and oxygen atoms in total. The Morgan fingerprint density at radius 2 is 0.690 bits per heavy atom. The highest BCUT2D eigenvalue weighted by Crippen LogP contribution is 2.42. The van der Waals surface area contributed by atoms with Crippen LogP contribution in [0.5, 0.6) is 0 Å². The second-order valence-corrected chi connectivity index (χ2v) is 28.0. The van der Waals surface area contributed by atoms with E-state index in [4.69, 9.17) is 99.5 Å². The standard InChI is InChI=1S/C61H94O52/c1-11(66)96-46-41-19(10-95-61(3,113-41)60(91)92)104-59(48(46)97-12(2)67)110-44-28(76)34(82)57(112-47(44)50(88)89)109-43-35(83)45(49(86)87)111-58(37(43)85)107-40-18(9-94-52-29(77)23(71)20(68)13(4-62)99-52)103-53(31(79)25(40)73)93-8-17-21(69)24(72)30(78)54(102-17)105-38-15(6-64)100-55(32(80)26(38)74)106-39-16(7-65)101-56(33(81)27(39)75)108-42-22(70)14(5-63)98-51(90)36(42)84/h13-48,51-59,62-65,68-85,90H,4-10H2,1-3H3,(H,86,87)(H,88,89)(H,91,92)/t13-,14-,15-,16-,17-,18-,19-,20-,21-,22+,23+,24+,25-,26-,27-,28-,29-,30-,31-,32-,33-,34-,35+,36-,37-,38-,39-,40-,41+,42+,43+,44+,45+,46+,47+,48-,51?,52-,53-,54+,55+,56+,57+,58-,59-,61?/m1/s1. The average molecular weight is 1660 g/mol. The van der Waals surface area contributed by atoms with Crippen molar-refractivity contribution in [1.82, 2.24) is 0 Å². The molecule has 26 N–H and O–H groups in total. The molecule has 2 unspecified atom stereocenters. The van der Waals surface area contributed by atoms with Crippen molar-refractivity contribution in [2.45, 2.75) is 303 Å². The van der Waals surface area contributed by atoms with Crippen LogP contribution in [0.2, 0.25) is 0 Å². The van der Waals surface area contributed by atoms with Gasteiger partial charge in [0.05, 0.1) is 46.2 Å². The molecule has 46 atom stereocenters. The van der Waals surface area contributed by atoms with Crippen molar-refractivity contribution in [3.63, 3.8) is 0 Å². The predicted octanol–water partition coefficient (Wildman–Crippen LogP) is -18.4. The van der Waals surface area contributed by atoms with Crippen molar-refractivity contribution in [3.8, 4) is 0 Å². The third-order valence-electron chi connectivity index (χ3n) is 20.3. The number of fused-ring (bicyclic) bond motifs is 1. The minimum Gasteiger partial charge on any atom is -0.479 e. The van der Waals surface area contributed by atoms with E-state index >= 15 is 0 Å². The second kappa shape index (κ2) is 38.0. The molecule has 0 aromatic rings. The molecule has 0 aliphatic carbocycles. The van der Waals surface area contributed by atoms with Crippen molar-refractivity contribution >= 4 is 29.8 Å². The zero-order valence-corrected chi connectivity index (χ0v) is 59.2. The summed E-state index contributed by atoms with van der Waals surface area (Å²) in [4.78, 5) is 63.0. The van der Waals surface area contributed by atoms with Crippen molar-refractivity contribution in [2.75, 3.05) is 46.2 Å². The van der Waals surface area contributed by atoms with Gasteiger partial charge in [-0.1, -0.05) is 0 Å². The van der Waals surface area contributed by atoms with Gasteiger partial charge in [-0.25, -0.2) is 14.4 Å². The van der Waals surface area contributed by atoms with E-state index in [2.05, 4.69) is 0 Å². The maximum Gasteiger partial charge on any atom is 0.364 e. The first-order valence-electron chi connectivity index (χ1n) is 35.0. The number of carbonyl (C=O) groups is 5. The molecule has 0 bridgehead atoms. The molecule has 0 saturated carbocycles. The molecule has 10 aliphatic rings. The molecule has 0 radical (unpaired) electrons. The minimum atomic E-state index is -2.66. The van der Waals surface area contributed by atoms with E-state index in [-0.39, 0.29) is 0 Å². The Kier molecular flexibility index (Phi) is 30.6. The number of aliphatic hydroxyl groups is 23. The third kappa shape index (κ3) is 19.1. The van der Waals surface area contributed by atoms with Crippen LogP contribution in [0.1, 0.15) is 20.8 Å². The van der Waals surface area contributed by atoms with Gasteiger partial charge in [0.1, 0.15) is 195 Å². The zero-order valence-electron chi connectivity index (χ0n) is 59.2. The van der Waals surface area contributed by atoms with Crippen LogP contribution < -0.4 is 0 Å². The van der Waals surface area contributed by atoms with Crippen LogP contribution in [0.3, 0.4) is 0 Å². The molecular weight excluding hydrogens is 1560 g/mol. The summed E-state index contributed by atoms with van der Waals surface area (Å²) in [6, 6.07) is 0. The SMILES string of the molecule is CC(=O)O[C@H]1[C@H]2OC(C)(C(=O)O)OC[C@H]2O[C@H](O[C@H]2[C@H](O)[C@@H](O)[C@@H](O[C@@H]3[C@@H](O)[C@H](O[C@H]4[C@H](O)[C@@H](O)[C@H](OC[C@H]5O[C@@H](O[C@H]6[C@H](O)[C@@H](O)[C@H](O[C@H]7[C@H](O)[C@@H](O)[C@H](O[C@H]8[C@@H](O)[C@@H](CO)OC(O)[C@@H]8O)O[C@@H]7CO)O[C@@H]6CO)[C@H](O)[C@@H](O)[C@@H]5O)O[C@@H]4CO[C@@H]4O[C@H](CO)[C@@H](O)[C@H](O)[C@H]4O)O[C@H](C(=O)O)[C@H]3O)O[C@@H]2C(=O)O)[C@@H]1OC(C)=O. The van der Waals surface area contributed by atoms with Crippen molar-refractivity contribution in [1.29, 1.82) is 0 Å². The van der Waals surface area contributed by atoms with Crippen molar-refractivity contribution in [3.05, 3.63) is 0 Å². The largest absolute Gasteiger partial charge is 0.479 e. The Hall–Kier alpha value is -4.33. The summed E-state index contributed by atoms with van der Waals surface area (Å²) in [5.74, 6) is -10.4. The average Bonchev–Trinajstić information content (AvgIpc) is 0.753. The zero-order chi connectivity index (χ0) is 83.2. The quantitative estimate of drug-likeness (QED) is 0.0340. The van der Waals surface area contributed by atoms with Gasteiger partial charge in [-0.2, -0.15) is 0 Å². The summed E-state index contributed by atoms with van der Waals surface area (Å²) in [5, 5.41) is 283. The second-order valence-electron chi connectivity index (χ2n) is 28.0. The van der Waals surface area contributed by atoms with Crippen LogP contribution in [-0.2, 0) is 123 Å². The van der Waals surface area contributed by atoms with Gasteiger partial charge in [0.2, 0.25) is 0 Å². The molecule has 0 aromatic heterocycles. The lowest BCUT2D eigenvalue weighted by Crippen LogP contribution is -2.70. The van der Waals surface area contributed by atoms with E-state index in [9.17, 15) is 157 Å². The maximum atomic E-state index is 13.0. The first-order valence-corrected chi connectivity index (χ1v) is 35.0. The topological polar surface area (TPSA) is 805 Å². The van der Waals surface area contributed by atoms with Gasteiger partial charge in [0.15, 0.2) is 81.0 Å². The number of aliphatic hydroxyl groups excluding tert-OH is 23. The van der Waals surface area contributed by atoms with Gasteiger partial charge in [0, 0.05) is 20.8 Å². The highest BCUT2D eigenvalue weighted by molar-refractivity contribution is 5.75. The number of carboxylic acids is 3. The minimum absolute atomic E-state index is 0.678. The van der Waals surface area contributed by atoms with Crippen LogP contribution >= 0.6 is 0 Å². The summed E-state index contributed by atoms with van der Waals surface area (Å²) in [6.07, 6.45) is -97.8. The first kappa shape index (κ1) is 91.0. The molecule has 10 fully saturated rings. The fourth-order valence-corrected chi connectivity index (χ4v) is 14.1. The Labute approximate surface area is 633 Å². The van der Waals surface area contributed by atoms with Gasteiger partial charge >= 0.3 is 29.8 Å². The number of carbonyl (C=O) groups excluding carboxylic acids is 2. The molecule has 113 heavy (non-hydrogen) atoms. The summed E-state index contributed by atoms with van der Waals surface area (Å²) in [6.45, 7) is -4.37.